The van der Waals surface area contributed by atoms with Gasteiger partial charge in [-0.25, -0.2) is 13.8 Å². The van der Waals surface area contributed by atoms with Crippen LogP contribution < -0.4 is 20.9 Å². The lowest BCUT2D eigenvalue weighted by Gasteiger charge is -2.49. The van der Waals surface area contributed by atoms with E-state index in [1.807, 2.05) is 26.7 Å². The summed E-state index contributed by atoms with van der Waals surface area (Å²) in [6.45, 7) is 0.648. The van der Waals surface area contributed by atoms with E-state index in [1.54, 1.807) is 6.92 Å². The van der Waals surface area contributed by atoms with Gasteiger partial charge in [-0.15, -0.1) is 11.8 Å². The summed E-state index contributed by atoms with van der Waals surface area (Å²) in [5.41, 5.74) is 5.38. The Hall–Kier alpha value is -4.10. The Bertz CT molecular complexity index is 1570. The number of amides is 3. The fourth-order valence-electron chi connectivity index (χ4n) is 4.50. The van der Waals surface area contributed by atoms with E-state index in [2.05, 4.69) is 30.0 Å². The number of thiazole rings is 1. The van der Waals surface area contributed by atoms with Crippen LogP contribution in [0.25, 0.3) is 4.83 Å². The van der Waals surface area contributed by atoms with Crippen LogP contribution in [-0.4, -0.2) is 77.7 Å². The van der Waals surface area contributed by atoms with E-state index in [0.717, 1.165) is 27.1 Å². The smallest absolute Gasteiger partial charge is 0.352 e. The van der Waals surface area contributed by atoms with Gasteiger partial charge in [0.25, 0.3) is 24.5 Å². The molecule has 1 saturated heterocycles. The molecule has 3 aromatic heterocycles. The molecular weight excluding hydrogens is 589 g/mol. The third-order valence-corrected chi connectivity index (χ3v) is 8.80. The second-order valence-electron chi connectivity index (χ2n) is 8.49. The summed E-state index contributed by atoms with van der Waals surface area (Å²) < 4.78 is 20.2. The van der Waals surface area contributed by atoms with E-state index < -0.39 is 41.8 Å². The highest BCUT2D eigenvalue weighted by molar-refractivity contribution is 8.00. The Balaban J connectivity index is 1.39. The van der Waals surface area contributed by atoms with E-state index in [-0.39, 0.29) is 35.0 Å². The number of nitrogens with one attached hydrogen (secondary N) is 2. The monoisotopic (exact) mass is 610 g/mol. The predicted octanol–water partition coefficient (Wildman–Crippen LogP) is -0.384. The molecule has 0 bridgehead atoms. The van der Waals surface area contributed by atoms with E-state index in [0.29, 0.717) is 12.0 Å². The third kappa shape index (κ3) is 4.86. The number of nitrogens with two attached hydrogens (primary N) is 1. The number of aromatic nitrogens is 4. The Morgan fingerprint density at radius 1 is 1.48 bits per heavy atom. The molecule has 3 aromatic rings. The molecule has 15 nitrogen and oxygen atoms in total. The number of carboxylic acid groups (broad SMARTS) is 1. The van der Waals surface area contributed by atoms with Gasteiger partial charge in [0.1, 0.15) is 42.1 Å². The number of carbonyl (C=O) groups excluding carboxylic acids is 3. The Labute approximate surface area is 236 Å². The van der Waals surface area contributed by atoms with Crippen LogP contribution in [0.2, 0.25) is 0 Å². The number of hydrogen-bond donors (Lipinski definition) is 4. The molecule has 0 radical (unpaired) electrons. The van der Waals surface area contributed by atoms with Crippen molar-refractivity contribution in [3.63, 3.8) is 0 Å². The Kier molecular flexibility index (Phi) is 7.68. The first-order valence-corrected chi connectivity index (χ1v) is 14.2. The second kappa shape index (κ2) is 11.2. The lowest BCUT2D eigenvalue weighted by molar-refractivity contribution is -0.696. The highest BCUT2D eigenvalue weighted by Crippen LogP contribution is 2.40. The van der Waals surface area contributed by atoms with Gasteiger partial charge in [0.05, 0.1) is 0 Å². The molecule has 0 aliphatic carbocycles. The predicted molar refractivity (Wildman–Crippen MR) is 141 cm³/mol. The fourth-order valence-corrected chi connectivity index (χ4v) is 7.04. The summed E-state index contributed by atoms with van der Waals surface area (Å²) in [5, 5.41) is 19.9. The summed E-state index contributed by atoms with van der Waals surface area (Å²) in [5.74, 6) is -2.07. The molecular formula is C21H21FN9O6S3+. The van der Waals surface area contributed by atoms with Gasteiger partial charge < -0.3 is 26.3 Å². The van der Waals surface area contributed by atoms with Crippen LogP contribution in [0.15, 0.2) is 34.2 Å². The molecule has 0 unspecified atom stereocenters. The van der Waals surface area contributed by atoms with Gasteiger partial charge in [-0.2, -0.15) is 13.8 Å². The second-order valence-corrected chi connectivity index (χ2v) is 11.3. The molecule has 3 atom stereocenters. The highest BCUT2D eigenvalue weighted by atomic mass is 32.2. The number of aliphatic carboxylic acids is 1. The van der Waals surface area contributed by atoms with E-state index in [1.165, 1.54) is 23.1 Å². The number of carbonyl (C=O) groups is 4. The summed E-state index contributed by atoms with van der Waals surface area (Å²) >= 11 is 3.54. The first-order valence-electron chi connectivity index (χ1n) is 11.5. The number of alkyl halides is 1. The number of anilines is 1. The highest BCUT2D eigenvalue weighted by Gasteiger charge is 2.54. The molecule has 0 aromatic carbocycles. The van der Waals surface area contributed by atoms with Gasteiger partial charge in [0.15, 0.2) is 5.13 Å². The maximum absolute atomic E-state index is 13.1. The zero-order chi connectivity index (χ0) is 28.6. The minimum atomic E-state index is -1.32. The average molecular weight is 611 g/mol. The summed E-state index contributed by atoms with van der Waals surface area (Å²) in [4.78, 5) is 59.7. The van der Waals surface area contributed by atoms with Crippen molar-refractivity contribution in [2.45, 2.75) is 30.9 Å². The number of oxime groups is 1. The van der Waals surface area contributed by atoms with Crippen molar-refractivity contribution in [3.8, 4) is 0 Å². The Morgan fingerprint density at radius 2 is 2.27 bits per heavy atom. The summed E-state index contributed by atoms with van der Waals surface area (Å²) in [6, 6.07) is -1.46. The molecule has 19 heteroatoms. The lowest BCUT2D eigenvalue weighted by atomic mass is 10.0. The van der Waals surface area contributed by atoms with Gasteiger partial charge >= 0.3 is 5.97 Å². The number of thioether (sulfide) groups is 1. The molecule has 5 heterocycles. The van der Waals surface area contributed by atoms with Gasteiger partial charge in [-0.1, -0.05) is 16.5 Å². The van der Waals surface area contributed by atoms with Crippen LogP contribution in [0.4, 0.5) is 9.52 Å². The number of imidazole rings is 1. The lowest BCUT2D eigenvalue weighted by Crippen LogP contribution is -2.71. The number of carboxylic acids is 1. The molecule has 5 rings (SSSR count). The number of nitrogens with zero attached hydrogens (tertiary/aromatic N) is 6. The van der Waals surface area contributed by atoms with Crippen molar-refractivity contribution in [2.75, 3.05) is 18.3 Å². The van der Waals surface area contributed by atoms with Gasteiger partial charge in [0, 0.05) is 28.2 Å². The average Bonchev–Trinajstić information content (AvgIpc) is 3.63. The summed E-state index contributed by atoms with van der Waals surface area (Å²) in [6.07, 6.45) is 4.30. The van der Waals surface area contributed by atoms with Crippen molar-refractivity contribution < 1.29 is 38.1 Å². The van der Waals surface area contributed by atoms with Crippen LogP contribution in [-0.2, 0) is 30.6 Å². The van der Waals surface area contributed by atoms with Crippen LogP contribution in [0, 0.1) is 0 Å². The molecule has 5 N–H and O–H groups in total. The largest absolute Gasteiger partial charge is 0.477 e. The van der Waals surface area contributed by atoms with Crippen LogP contribution >= 0.6 is 34.6 Å². The van der Waals surface area contributed by atoms with E-state index in [9.17, 15) is 28.7 Å². The maximum Gasteiger partial charge on any atom is 0.352 e. The van der Waals surface area contributed by atoms with Crippen molar-refractivity contribution in [1.82, 2.24) is 29.3 Å². The molecule has 40 heavy (non-hydrogen) atoms. The molecule has 2 aliphatic heterocycles. The molecule has 1 fully saturated rings. The fraction of sp³-hybridized carbons (Fsp3) is 0.333. The zero-order valence-electron chi connectivity index (χ0n) is 20.5. The van der Waals surface area contributed by atoms with E-state index in [4.69, 9.17) is 5.73 Å². The van der Waals surface area contributed by atoms with Crippen LogP contribution in [0.1, 0.15) is 24.6 Å². The summed E-state index contributed by atoms with van der Waals surface area (Å²) in [7, 11) is 0. The molecule has 3 amide bonds. The first-order chi connectivity index (χ1) is 19.2. The normalized spacial score (nSPS) is 19.7. The molecule has 210 valence electrons. The maximum atomic E-state index is 13.1. The number of nitrogen functional groups attached to an aromatic ring is 1. The number of β-lactam (4-membered cyclic amide) rings is 1. The minimum absolute atomic E-state index is 0.0358. The van der Waals surface area contributed by atoms with E-state index >= 15 is 0 Å². The number of halogens is 1. The Morgan fingerprint density at radius 3 is 2.95 bits per heavy atom. The first kappa shape index (κ1) is 27.5. The topological polar surface area (TPSA) is 197 Å². The zero-order valence-corrected chi connectivity index (χ0v) is 23.0. The van der Waals surface area contributed by atoms with Gasteiger partial charge in [-0.05, 0) is 6.92 Å². The molecule has 2 aliphatic rings. The van der Waals surface area contributed by atoms with Crippen molar-refractivity contribution >= 4 is 74.5 Å². The SMILES string of the molecule is C[C@@H](NC=O)c1n2ccsc2c[n+]1CC1=C(C(=O)O)N2C(=O)[C@@H](NC(=O)/C(=N/OCF)c3nsc(N)n3)[C@H]2SC1. The third-order valence-electron chi connectivity index (χ3n) is 6.12. The van der Waals surface area contributed by atoms with Gasteiger partial charge in [0.2, 0.25) is 22.8 Å². The minimum Gasteiger partial charge on any atom is -0.477 e. The standard InChI is InChI=1S/C21H20FN9O6S3/c1-9(24-8-32)17-29(5-11-30(17)2-3-38-11)4-10-6-39-19-13(18(34)31(19)14(10)20(35)36)25-16(33)12(27-37-7-22)15-26-21(23)40-28-15/h2-3,5,8-9,13,19H,4,6-7H2,1H3,(H4-,23,24,25,26,28,32,33,35,36)/p+1/b27-12+/t9-,13-,19-/m1/s1. The molecule has 0 spiro atoms. The number of rotatable bonds is 11. The number of hydrogen-bond acceptors (Lipinski definition) is 12. The van der Waals surface area contributed by atoms with Crippen LogP contribution in [0.5, 0.6) is 0 Å². The van der Waals surface area contributed by atoms with Crippen molar-refractivity contribution in [1.29, 1.82) is 0 Å². The number of fused-ring (bicyclic) bond motifs is 2. The van der Waals surface area contributed by atoms with Crippen molar-refractivity contribution in [3.05, 3.63) is 40.7 Å². The molecule has 0 saturated carbocycles. The van der Waals surface area contributed by atoms with Gasteiger partial charge in [-0.3, -0.25) is 19.3 Å². The van der Waals surface area contributed by atoms with Crippen molar-refractivity contribution in [2.24, 2.45) is 5.16 Å². The quantitative estimate of drug-likeness (QED) is 0.0730. The van der Waals surface area contributed by atoms with Crippen LogP contribution in [0.3, 0.4) is 0 Å².